The van der Waals surface area contributed by atoms with E-state index in [0.29, 0.717) is 24.8 Å². The zero-order valence-electron chi connectivity index (χ0n) is 19.8. The lowest BCUT2D eigenvalue weighted by Crippen LogP contribution is -2.66. The summed E-state index contributed by atoms with van der Waals surface area (Å²) in [4.78, 5) is 48.2. The lowest BCUT2D eigenvalue weighted by atomic mass is 9.48. The van der Waals surface area contributed by atoms with Crippen LogP contribution >= 0.6 is 0 Å². The van der Waals surface area contributed by atoms with E-state index in [1.54, 1.807) is 19.9 Å². The van der Waals surface area contributed by atoms with Gasteiger partial charge in [0.05, 0.1) is 17.9 Å². The number of aliphatic carboxylic acids is 1. The van der Waals surface area contributed by atoms with Crippen molar-refractivity contribution in [2.24, 2.45) is 40.9 Å². The third kappa shape index (κ3) is 3.23. The molecule has 0 aromatic carbocycles. The van der Waals surface area contributed by atoms with E-state index in [2.05, 4.69) is 0 Å². The standard InChI is InChI=1S/C26H31FO8/c1-12-7-17-18-4-3-13-8-14(28)5-6-24(13,2)26(18,27)20(29)10-19(17)25(12,34)21(30)11-35-23(33)16-9-15(16)22(31)32/h5-6,8,12,15-20,29,34H,3-4,7,9-11H2,1-2H3,(H,31,32)/t12-,15-,16-,17+,18+,19+,20+,24+,25-,26+/m1/s1. The van der Waals surface area contributed by atoms with Gasteiger partial charge in [0.25, 0.3) is 0 Å². The first-order valence-corrected chi connectivity index (χ1v) is 12.3. The molecule has 5 aliphatic carbocycles. The fourth-order valence-electron chi connectivity index (χ4n) is 7.68. The molecule has 0 radical (unpaired) electrons. The number of carboxylic acids is 1. The number of esters is 1. The number of carboxylic acid groups (broad SMARTS) is 1. The highest BCUT2D eigenvalue weighted by atomic mass is 19.1. The number of ketones is 2. The lowest BCUT2D eigenvalue weighted by Gasteiger charge is -2.59. The fraction of sp³-hybridized carbons (Fsp3) is 0.692. The van der Waals surface area contributed by atoms with Gasteiger partial charge < -0.3 is 20.1 Å². The summed E-state index contributed by atoms with van der Waals surface area (Å²) >= 11 is 0. The second kappa shape index (κ2) is 7.80. The summed E-state index contributed by atoms with van der Waals surface area (Å²) in [5.41, 5.74) is -4.43. The highest BCUT2D eigenvalue weighted by molar-refractivity contribution is 6.01. The summed E-state index contributed by atoms with van der Waals surface area (Å²) in [6.07, 6.45) is 4.18. The van der Waals surface area contributed by atoms with Crippen molar-refractivity contribution < 1.29 is 43.6 Å². The maximum atomic E-state index is 17.0. The van der Waals surface area contributed by atoms with Gasteiger partial charge in [0.15, 0.2) is 18.1 Å². The van der Waals surface area contributed by atoms with Gasteiger partial charge in [0, 0.05) is 17.3 Å². The summed E-state index contributed by atoms with van der Waals surface area (Å²) < 4.78 is 22.1. The molecule has 10 atom stereocenters. The van der Waals surface area contributed by atoms with Crippen LogP contribution in [0.25, 0.3) is 0 Å². The molecule has 0 amide bonds. The Morgan fingerprint density at radius 1 is 1.17 bits per heavy atom. The number of aliphatic hydroxyl groups excluding tert-OH is 1. The molecule has 0 unspecified atom stereocenters. The molecular formula is C26H31FO8. The van der Waals surface area contributed by atoms with Crippen LogP contribution in [0.3, 0.4) is 0 Å². The van der Waals surface area contributed by atoms with Crippen molar-refractivity contribution in [3.63, 3.8) is 0 Å². The molecule has 0 aliphatic heterocycles. The number of carbonyl (C=O) groups excluding carboxylic acids is 3. The average Bonchev–Trinajstić information content (AvgIpc) is 3.57. The normalized spacial score (nSPS) is 47.7. The van der Waals surface area contributed by atoms with Gasteiger partial charge in [-0.2, -0.15) is 0 Å². The van der Waals surface area contributed by atoms with E-state index in [9.17, 15) is 29.4 Å². The van der Waals surface area contributed by atoms with E-state index in [1.165, 1.54) is 12.2 Å². The van der Waals surface area contributed by atoms with Crippen LogP contribution in [0.4, 0.5) is 4.39 Å². The zero-order chi connectivity index (χ0) is 25.5. The number of allylic oxidation sites excluding steroid dienone is 4. The molecule has 0 bridgehead atoms. The second-order valence-corrected chi connectivity index (χ2v) is 11.3. The quantitative estimate of drug-likeness (QED) is 0.496. The number of hydrogen-bond acceptors (Lipinski definition) is 7. The van der Waals surface area contributed by atoms with Crippen LogP contribution in [0.15, 0.2) is 23.8 Å². The predicted octanol–water partition coefficient (Wildman–Crippen LogP) is 1.78. The van der Waals surface area contributed by atoms with Crippen molar-refractivity contribution in [2.75, 3.05) is 6.61 Å². The summed E-state index contributed by atoms with van der Waals surface area (Å²) in [6.45, 7) is 2.72. The average molecular weight is 491 g/mol. The first-order valence-electron chi connectivity index (χ1n) is 12.3. The Morgan fingerprint density at radius 3 is 2.54 bits per heavy atom. The summed E-state index contributed by atoms with van der Waals surface area (Å²) in [5.74, 6) is -6.60. The van der Waals surface area contributed by atoms with Gasteiger partial charge in [-0.05, 0) is 63.0 Å². The topological polar surface area (TPSA) is 138 Å². The molecule has 5 rings (SSSR count). The number of halogens is 1. The van der Waals surface area contributed by atoms with Crippen molar-refractivity contribution in [1.82, 2.24) is 0 Å². The van der Waals surface area contributed by atoms with Crippen LogP contribution in [0.1, 0.15) is 46.0 Å². The number of ether oxygens (including phenoxy) is 1. The van der Waals surface area contributed by atoms with Crippen molar-refractivity contribution in [3.8, 4) is 0 Å². The van der Waals surface area contributed by atoms with Crippen molar-refractivity contribution >= 4 is 23.5 Å². The van der Waals surface area contributed by atoms with Crippen molar-refractivity contribution in [3.05, 3.63) is 23.8 Å². The Hall–Kier alpha value is -2.39. The van der Waals surface area contributed by atoms with Gasteiger partial charge in [0.1, 0.15) is 5.60 Å². The minimum atomic E-state index is -2.05. The first kappa shape index (κ1) is 24.3. The Labute approximate surface area is 202 Å². The van der Waals surface area contributed by atoms with Gasteiger partial charge in [-0.3, -0.25) is 19.2 Å². The molecule has 0 aromatic heterocycles. The highest BCUT2D eigenvalue weighted by Crippen LogP contribution is 2.66. The smallest absolute Gasteiger partial charge is 0.310 e. The Morgan fingerprint density at radius 2 is 1.89 bits per heavy atom. The molecular weight excluding hydrogens is 459 g/mol. The highest BCUT2D eigenvalue weighted by Gasteiger charge is 2.71. The Bertz CT molecular complexity index is 1070. The number of fused-ring (bicyclic) bond motifs is 5. The third-order valence-electron chi connectivity index (χ3n) is 9.77. The fourth-order valence-corrected chi connectivity index (χ4v) is 7.68. The van der Waals surface area contributed by atoms with E-state index in [1.807, 2.05) is 0 Å². The monoisotopic (exact) mass is 490 g/mol. The first-order chi connectivity index (χ1) is 16.4. The van der Waals surface area contributed by atoms with E-state index in [4.69, 9.17) is 9.84 Å². The number of Topliss-reactive ketones (excluding diaryl/α,β-unsaturated/α-hetero) is 1. The molecule has 8 nitrogen and oxygen atoms in total. The molecule has 0 aromatic rings. The van der Waals surface area contributed by atoms with Gasteiger partial charge in [0.2, 0.25) is 5.78 Å². The number of rotatable bonds is 5. The maximum Gasteiger partial charge on any atom is 0.310 e. The lowest BCUT2D eigenvalue weighted by molar-refractivity contribution is -0.192. The summed E-state index contributed by atoms with van der Waals surface area (Å²) in [7, 11) is 0. The van der Waals surface area contributed by atoms with Crippen molar-refractivity contribution in [2.45, 2.75) is 63.3 Å². The van der Waals surface area contributed by atoms with E-state index in [-0.39, 0.29) is 24.5 Å². The molecule has 0 saturated heterocycles. The largest absolute Gasteiger partial charge is 0.481 e. The minimum absolute atomic E-state index is 0.132. The van der Waals surface area contributed by atoms with Crippen LogP contribution in [-0.4, -0.2) is 62.8 Å². The van der Waals surface area contributed by atoms with Gasteiger partial charge in [-0.25, -0.2) is 4.39 Å². The molecule has 9 heteroatoms. The molecule has 0 spiro atoms. The van der Waals surface area contributed by atoms with E-state index >= 15 is 4.39 Å². The van der Waals surface area contributed by atoms with Crippen LogP contribution in [0, 0.1) is 40.9 Å². The molecule has 190 valence electrons. The maximum absolute atomic E-state index is 17.0. The number of alkyl halides is 1. The second-order valence-electron chi connectivity index (χ2n) is 11.3. The van der Waals surface area contributed by atoms with Gasteiger partial charge in [-0.15, -0.1) is 0 Å². The summed E-state index contributed by atoms with van der Waals surface area (Å²) in [5, 5.41) is 31.8. The van der Waals surface area contributed by atoms with E-state index < -0.39 is 76.7 Å². The molecule has 5 aliphatic rings. The Balaban J connectivity index is 1.37. The number of carbonyl (C=O) groups is 4. The van der Waals surface area contributed by atoms with Gasteiger partial charge in [-0.1, -0.05) is 18.6 Å². The minimum Gasteiger partial charge on any atom is -0.481 e. The number of hydrogen-bond donors (Lipinski definition) is 3. The van der Waals surface area contributed by atoms with E-state index in [0.717, 1.165) is 0 Å². The molecule has 4 fully saturated rings. The molecule has 3 N–H and O–H groups in total. The molecule has 35 heavy (non-hydrogen) atoms. The molecule has 4 saturated carbocycles. The zero-order valence-corrected chi connectivity index (χ0v) is 19.8. The predicted molar refractivity (Wildman–Crippen MR) is 118 cm³/mol. The molecule has 0 heterocycles. The Kier molecular flexibility index (Phi) is 5.42. The third-order valence-corrected chi connectivity index (χ3v) is 9.77. The van der Waals surface area contributed by atoms with Crippen LogP contribution in [0.2, 0.25) is 0 Å². The van der Waals surface area contributed by atoms with Gasteiger partial charge >= 0.3 is 11.9 Å². The van der Waals surface area contributed by atoms with Crippen LogP contribution in [0.5, 0.6) is 0 Å². The SMILES string of the molecule is C[C@@H]1C[C@@H]2[C@H](C[C@H](O)[C@@]3(F)[C@H]2CCC2=CC(=O)C=C[C@@]23C)[C@@]1(O)C(=O)COC(=O)[C@@H]1C[C@H]1C(=O)O. The van der Waals surface area contributed by atoms with Crippen LogP contribution in [-0.2, 0) is 23.9 Å². The summed E-state index contributed by atoms with van der Waals surface area (Å²) in [6, 6.07) is 0. The number of aliphatic hydroxyl groups is 2. The van der Waals surface area contributed by atoms with Crippen LogP contribution < -0.4 is 0 Å². The van der Waals surface area contributed by atoms with Crippen molar-refractivity contribution in [1.29, 1.82) is 0 Å².